The molecule has 0 fully saturated rings. The van der Waals surface area contributed by atoms with Gasteiger partial charge in [-0.3, -0.25) is 0 Å². The van der Waals surface area contributed by atoms with E-state index in [9.17, 15) is 8.42 Å². The van der Waals surface area contributed by atoms with E-state index in [1.54, 1.807) is 25.3 Å². The number of aromatic nitrogens is 1. The first kappa shape index (κ1) is 15.8. The Hall–Kier alpha value is -1.57. The lowest BCUT2D eigenvalue weighted by atomic mass is 10.2. The Labute approximate surface area is 124 Å². The summed E-state index contributed by atoms with van der Waals surface area (Å²) in [5, 5.41) is 0.646. The zero-order valence-electron chi connectivity index (χ0n) is 12.5. The van der Waals surface area contributed by atoms with Gasteiger partial charge in [0.2, 0.25) is 10.0 Å². The molecule has 0 atom stereocenters. The van der Waals surface area contributed by atoms with Crippen molar-refractivity contribution in [2.24, 2.45) is 0 Å². The Morgan fingerprint density at radius 2 is 2.10 bits per heavy atom. The summed E-state index contributed by atoms with van der Waals surface area (Å²) in [4.78, 5) is 3.23. The average Bonchev–Trinajstić information content (AvgIpc) is 2.82. The van der Waals surface area contributed by atoms with Crippen molar-refractivity contribution < 1.29 is 13.2 Å². The Morgan fingerprint density at radius 1 is 1.38 bits per heavy atom. The van der Waals surface area contributed by atoms with Crippen LogP contribution in [0.5, 0.6) is 0 Å². The third kappa shape index (κ3) is 3.04. The number of hydrogen-bond acceptors (Lipinski definition) is 4. The lowest BCUT2D eigenvalue weighted by molar-refractivity contribution is 0.171. The summed E-state index contributed by atoms with van der Waals surface area (Å²) >= 11 is 0. The first-order chi connectivity index (χ1) is 9.87. The third-order valence-corrected chi connectivity index (χ3v) is 5.46. The molecule has 3 N–H and O–H groups in total. The van der Waals surface area contributed by atoms with E-state index in [-0.39, 0.29) is 10.9 Å². The van der Waals surface area contributed by atoms with E-state index >= 15 is 0 Å². The fourth-order valence-corrected chi connectivity index (χ4v) is 4.08. The fraction of sp³-hybridized carbons (Fsp3) is 0.429. The second kappa shape index (κ2) is 6.05. The van der Waals surface area contributed by atoms with Crippen LogP contribution in [-0.4, -0.2) is 44.0 Å². The number of hydrogen-bond donors (Lipinski definition) is 2. The highest BCUT2D eigenvalue weighted by atomic mass is 32.2. The average molecular weight is 311 g/mol. The van der Waals surface area contributed by atoms with Crippen molar-refractivity contribution in [2.75, 3.05) is 26.0 Å². The standard InChI is InChI=1S/C14H21N3O3S/c1-10(2)17(6-7-20-3)21(18,19)14-9-16-13-8-11(15)4-5-12(13)14/h4-5,8-10,16H,6-7,15H2,1-3H3. The molecule has 0 bridgehead atoms. The minimum atomic E-state index is -3.59. The minimum Gasteiger partial charge on any atom is -0.399 e. The van der Waals surface area contributed by atoms with Gasteiger partial charge in [0.1, 0.15) is 4.90 Å². The molecule has 0 aliphatic carbocycles. The van der Waals surface area contributed by atoms with Crippen LogP contribution in [0.15, 0.2) is 29.3 Å². The maximum Gasteiger partial charge on any atom is 0.245 e. The predicted molar refractivity (Wildman–Crippen MR) is 83.6 cm³/mol. The number of fused-ring (bicyclic) bond motifs is 1. The molecule has 1 aromatic carbocycles. The maximum absolute atomic E-state index is 12.9. The first-order valence-corrected chi connectivity index (χ1v) is 8.19. The van der Waals surface area contributed by atoms with E-state index in [1.165, 1.54) is 10.5 Å². The van der Waals surface area contributed by atoms with Crippen LogP contribution in [-0.2, 0) is 14.8 Å². The van der Waals surface area contributed by atoms with Gasteiger partial charge in [0, 0.05) is 42.5 Å². The number of anilines is 1. The van der Waals surface area contributed by atoms with Crippen LogP contribution in [0.25, 0.3) is 10.9 Å². The summed E-state index contributed by atoms with van der Waals surface area (Å²) in [7, 11) is -2.03. The van der Waals surface area contributed by atoms with Crippen molar-refractivity contribution in [2.45, 2.75) is 24.8 Å². The lowest BCUT2D eigenvalue weighted by Crippen LogP contribution is -2.39. The number of benzene rings is 1. The number of methoxy groups -OCH3 is 1. The highest BCUT2D eigenvalue weighted by Crippen LogP contribution is 2.27. The normalized spacial score (nSPS) is 12.6. The highest BCUT2D eigenvalue weighted by Gasteiger charge is 2.29. The van der Waals surface area contributed by atoms with Gasteiger partial charge in [-0.25, -0.2) is 8.42 Å². The topological polar surface area (TPSA) is 88.4 Å². The summed E-state index contributed by atoms with van der Waals surface area (Å²) < 4.78 is 32.2. The van der Waals surface area contributed by atoms with E-state index in [0.29, 0.717) is 29.7 Å². The number of nitrogens with two attached hydrogens (primary N) is 1. The quantitative estimate of drug-likeness (QED) is 0.796. The summed E-state index contributed by atoms with van der Waals surface area (Å²) in [5.74, 6) is 0. The summed E-state index contributed by atoms with van der Waals surface area (Å²) in [6.07, 6.45) is 1.52. The summed E-state index contributed by atoms with van der Waals surface area (Å²) in [5.41, 5.74) is 7.02. The SMILES string of the molecule is COCCN(C(C)C)S(=O)(=O)c1c[nH]c2cc(N)ccc12. The Balaban J connectivity index is 2.49. The van der Waals surface area contributed by atoms with Crippen molar-refractivity contribution in [3.05, 3.63) is 24.4 Å². The molecule has 21 heavy (non-hydrogen) atoms. The van der Waals surface area contributed by atoms with Gasteiger partial charge < -0.3 is 15.5 Å². The fourth-order valence-electron chi connectivity index (χ4n) is 2.29. The number of H-pyrrole nitrogens is 1. The molecule has 0 saturated heterocycles. The van der Waals surface area contributed by atoms with E-state index in [2.05, 4.69) is 4.98 Å². The van der Waals surface area contributed by atoms with Crippen LogP contribution < -0.4 is 5.73 Å². The van der Waals surface area contributed by atoms with Gasteiger partial charge in [-0.15, -0.1) is 0 Å². The number of nitrogens with zero attached hydrogens (tertiary/aromatic N) is 1. The Kier molecular flexibility index (Phi) is 4.55. The van der Waals surface area contributed by atoms with E-state index in [0.717, 1.165) is 0 Å². The molecule has 0 amide bonds. The van der Waals surface area contributed by atoms with Gasteiger partial charge in [-0.1, -0.05) is 0 Å². The Bertz CT molecular complexity index is 722. The number of sulfonamides is 1. The van der Waals surface area contributed by atoms with Crippen molar-refractivity contribution in [1.29, 1.82) is 0 Å². The van der Waals surface area contributed by atoms with Crippen LogP contribution in [0.3, 0.4) is 0 Å². The van der Waals surface area contributed by atoms with Crippen LogP contribution in [0.2, 0.25) is 0 Å². The van der Waals surface area contributed by atoms with E-state index < -0.39 is 10.0 Å². The first-order valence-electron chi connectivity index (χ1n) is 6.75. The molecule has 2 rings (SSSR count). The number of nitrogen functional groups attached to an aromatic ring is 1. The zero-order chi connectivity index (χ0) is 15.6. The largest absolute Gasteiger partial charge is 0.399 e. The summed E-state index contributed by atoms with van der Waals surface area (Å²) in [6, 6.07) is 5.00. The highest BCUT2D eigenvalue weighted by molar-refractivity contribution is 7.89. The zero-order valence-corrected chi connectivity index (χ0v) is 13.3. The van der Waals surface area contributed by atoms with Gasteiger partial charge in [0.25, 0.3) is 0 Å². The van der Waals surface area contributed by atoms with Crippen LogP contribution in [0.1, 0.15) is 13.8 Å². The van der Waals surface area contributed by atoms with Crippen molar-refractivity contribution in [3.8, 4) is 0 Å². The van der Waals surface area contributed by atoms with Crippen LogP contribution >= 0.6 is 0 Å². The molecule has 0 aliphatic rings. The van der Waals surface area contributed by atoms with Crippen LogP contribution in [0, 0.1) is 0 Å². The molecule has 116 valence electrons. The minimum absolute atomic E-state index is 0.149. The van der Waals surface area contributed by atoms with Gasteiger partial charge in [0.05, 0.1) is 6.61 Å². The predicted octanol–water partition coefficient (Wildman–Crippen LogP) is 1.80. The maximum atomic E-state index is 12.9. The lowest BCUT2D eigenvalue weighted by Gasteiger charge is -2.25. The van der Waals surface area contributed by atoms with Gasteiger partial charge in [-0.2, -0.15) is 4.31 Å². The molecule has 0 radical (unpaired) electrons. The molecule has 2 aromatic rings. The van der Waals surface area contributed by atoms with Crippen molar-refractivity contribution in [3.63, 3.8) is 0 Å². The number of ether oxygens (including phenoxy) is 1. The second-order valence-corrected chi connectivity index (χ2v) is 7.02. The number of nitrogens with one attached hydrogen (secondary N) is 1. The molecular weight excluding hydrogens is 290 g/mol. The van der Waals surface area contributed by atoms with Gasteiger partial charge >= 0.3 is 0 Å². The number of aromatic amines is 1. The molecule has 0 aliphatic heterocycles. The van der Waals surface area contributed by atoms with Gasteiger partial charge in [0.15, 0.2) is 0 Å². The molecule has 1 heterocycles. The van der Waals surface area contributed by atoms with Gasteiger partial charge in [-0.05, 0) is 32.0 Å². The molecule has 6 nitrogen and oxygen atoms in total. The third-order valence-electron chi connectivity index (χ3n) is 3.35. The molecule has 1 aromatic heterocycles. The second-order valence-electron chi connectivity index (χ2n) is 5.16. The van der Waals surface area contributed by atoms with E-state index in [4.69, 9.17) is 10.5 Å². The monoisotopic (exact) mass is 311 g/mol. The van der Waals surface area contributed by atoms with Crippen molar-refractivity contribution in [1.82, 2.24) is 9.29 Å². The number of rotatable bonds is 6. The van der Waals surface area contributed by atoms with Crippen LogP contribution in [0.4, 0.5) is 5.69 Å². The molecular formula is C14H21N3O3S. The smallest absolute Gasteiger partial charge is 0.245 e. The Morgan fingerprint density at radius 3 is 2.71 bits per heavy atom. The molecule has 0 spiro atoms. The summed E-state index contributed by atoms with van der Waals surface area (Å²) in [6.45, 7) is 4.37. The van der Waals surface area contributed by atoms with E-state index in [1.807, 2.05) is 13.8 Å². The molecule has 0 saturated carbocycles. The molecule has 0 unspecified atom stereocenters. The molecule has 7 heteroatoms. The van der Waals surface area contributed by atoms with Crippen molar-refractivity contribution >= 4 is 26.6 Å².